The molecule has 1 aliphatic rings. The molecule has 2 amide bonds. The molecule has 1 heterocycles. The summed E-state index contributed by atoms with van der Waals surface area (Å²) in [7, 11) is 0. The van der Waals surface area contributed by atoms with Gasteiger partial charge < -0.3 is 10.6 Å². The number of carbonyl (C=O) groups is 2. The van der Waals surface area contributed by atoms with Gasteiger partial charge in [-0.1, -0.05) is 0 Å². The van der Waals surface area contributed by atoms with E-state index in [-0.39, 0.29) is 23.8 Å². The molecule has 2 N–H and O–H groups in total. The second-order valence-electron chi connectivity index (χ2n) is 3.90. The van der Waals surface area contributed by atoms with Crippen molar-refractivity contribution in [3.8, 4) is 0 Å². The van der Waals surface area contributed by atoms with Crippen molar-refractivity contribution in [2.75, 3.05) is 18.6 Å². The number of carbonyl (C=O) groups excluding carboxylic acids is 2. The molecule has 0 aliphatic carbocycles. The second-order valence-corrected chi connectivity index (χ2v) is 4.82. The number of hydrogen-bond donors (Lipinski definition) is 2. The van der Waals surface area contributed by atoms with E-state index in [4.69, 9.17) is 0 Å². The number of piperidine rings is 1. The van der Waals surface area contributed by atoms with Crippen LogP contribution < -0.4 is 10.6 Å². The predicted octanol–water partition coefficient (Wildman–Crippen LogP) is 0.380. The van der Waals surface area contributed by atoms with E-state index in [1.807, 2.05) is 13.2 Å². The molecular formula is C10H18N2O2S. The van der Waals surface area contributed by atoms with Crippen molar-refractivity contribution in [1.82, 2.24) is 10.6 Å². The van der Waals surface area contributed by atoms with Crippen molar-refractivity contribution in [3.05, 3.63) is 0 Å². The van der Waals surface area contributed by atoms with Crippen molar-refractivity contribution in [2.45, 2.75) is 25.8 Å². The van der Waals surface area contributed by atoms with E-state index < -0.39 is 0 Å². The topological polar surface area (TPSA) is 58.2 Å². The first kappa shape index (κ1) is 12.4. The summed E-state index contributed by atoms with van der Waals surface area (Å²) in [5.74, 6) is 0.991. The van der Waals surface area contributed by atoms with E-state index >= 15 is 0 Å². The normalized spacial score (nSPS) is 23.1. The zero-order chi connectivity index (χ0) is 11.3. The number of nitrogens with one attached hydrogen (secondary N) is 2. The molecule has 0 saturated carbocycles. The summed E-state index contributed by atoms with van der Waals surface area (Å²) in [4.78, 5) is 22.6. The summed E-state index contributed by atoms with van der Waals surface area (Å²) in [6.07, 6.45) is 3.15. The molecule has 0 aromatic heterocycles. The Morgan fingerprint density at radius 2 is 2.47 bits per heavy atom. The van der Waals surface area contributed by atoms with Crippen LogP contribution in [-0.4, -0.2) is 36.4 Å². The zero-order valence-corrected chi connectivity index (χ0v) is 10.0. The fourth-order valence-electron chi connectivity index (χ4n) is 1.61. The molecule has 2 atom stereocenters. The lowest BCUT2D eigenvalue weighted by Crippen LogP contribution is -2.45. The van der Waals surface area contributed by atoms with Crippen LogP contribution in [0.2, 0.25) is 0 Å². The number of amides is 2. The third-order valence-electron chi connectivity index (χ3n) is 2.44. The van der Waals surface area contributed by atoms with E-state index in [0.29, 0.717) is 19.4 Å². The maximum absolute atomic E-state index is 11.7. The second kappa shape index (κ2) is 6.00. The Labute approximate surface area is 94.6 Å². The maximum Gasteiger partial charge on any atom is 0.225 e. The van der Waals surface area contributed by atoms with Crippen molar-refractivity contribution in [1.29, 1.82) is 0 Å². The fraction of sp³-hybridized carbons (Fsp3) is 0.800. The first-order chi connectivity index (χ1) is 7.13. The lowest BCUT2D eigenvalue weighted by molar-refractivity contribution is -0.129. The van der Waals surface area contributed by atoms with Gasteiger partial charge in [0, 0.05) is 24.8 Å². The number of thioether (sulfide) groups is 1. The van der Waals surface area contributed by atoms with E-state index in [1.165, 1.54) is 0 Å². The molecule has 0 radical (unpaired) electrons. The Hall–Kier alpha value is -0.710. The highest BCUT2D eigenvalue weighted by molar-refractivity contribution is 7.98. The Morgan fingerprint density at radius 1 is 1.73 bits per heavy atom. The van der Waals surface area contributed by atoms with Gasteiger partial charge in [-0.15, -0.1) is 0 Å². The average molecular weight is 230 g/mol. The summed E-state index contributed by atoms with van der Waals surface area (Å²) in [6.45, 7) is 2.48. The Balaban J connectivity index is 2.30. The predicted molar refractivity (Wildman–Crippen MR) is 61.7 cm³/mol. The molecule has 86 valence electrons. The molecule has 15 heavy (non-hydrogen) atoms. The van der Waals surface area contributed by atoms with E-state index in [2.05, 4.69) is 10.6 Å². The molecule has 0 aromatic carbocycles. The minimum atomic E-state index is -0.0491. The van der Waals surface area contributed by atoms with Crippen molar-refractivity contribution in [2.24, 2.45) is 5.92 Å². The van der Waals surface area contributed by atoms with E-state index in [1.54, 1.807) is 11.8 Å². The number of hydrogen-bond acceptors (Lipinski definition) is 3. The smallest absolute Gasteiger partial charge is 0.225 e. The van der Waals surface area contributed by atoms with E-state index in [9.17, 15) is 9.59 Å². The SMILES string of the molecule is CSCC(C)NC(=O)C1CCC(=O)NC1. The van der Waals surface area contributed by atoms with Gasteiger partial charge in [-0.2, -0.15) is 11.8 Å². The zero-order valence-electron chi connectivity index (χ0n) is 9.21. The quantitative estimate of drug-likeness (QED) is 0.734. The molecule has 1 rings (SSSR count). The van der Waals surface area contributed by atoms with Gasteiger partial charge in [0.25, 0.3) is 0 Å². The van der Waals surface area contributed by atoms with Gasteiger partial charge >= 0.3 is 0 Å². The first-order valence-corrected chi connectivity index (χ1v) is 6.59. The van der Waals surface area contributed by atoms with Crippen LogP contribution in [0.4, 0.5) is 0 Å². The largest absolute Gasteiger partial charge is 0.355 e. The molecule has 0 spiro atoms. The molecule has 4 nitrogen and oxygen atoms in total. The van der Waals surface area contributed by atoms with E-state index in [0.717, 1.165) is 5.75 Å². The van der Waals surface area contributed by atoms with Gasteiger partial charge in [0.05, 0.1) is 5.92 Å². The van der Waals surface area contributed by atoms with Crippen LogP contribution in [0.15, 0.2) is 0 Å². The van der Waals surface area contributed by atoms with Gasteiger partial charge in [-0.25, -0.2) is 0 Å². The lowest BCUT2D eigenvalue weighted by Gasteiger charge is -2.23. The summed E-state index contributed by atoms with van der Waals surface area (Å²) in [5.41, 5.74) is 0. The van der Waals surface area contributed by atoms with Gasteiger partial charge in [0.15, 0.2) is 0 Å². The van der Waals surface area contributed by atoms with Crippen LogP contribution in [0, 0.1) is 5.92 Å². The summed E-state index contributed by atoms with van der Waals surface area (Å²) in [6, 6.07) is 0.199. The van der Waals surface area contributed by atoms with Crippen LogP contribution in [0.3, 0.4) is 0 Å². The molecule has 5 heteroatoms. The minimum Gasteiger partial charge on any atom is -0.355 e. The summed E-state index contributed by atoms with van der Waals surface area (Å²) < 4.78 is 0. The summed E-state index contributed by atoms with van der Waals surface area (Å²) >= 11 is 1.71. The molecule has 1 aliphatic heterocycles. The first-order valence-electron chi connectivity index (χ1n) is 5.19. The third-order valence-corrected chi connectivity index (χ3v) is 3.27. The minimum absolute atomic E-state index is 0.0491. The van der Waals surface area contributed by atoms with Crippen molar-refractivity contribution >= 4 is 23.6 Å². The molecular weight excluding hydrogens is 212 g/mol. The Bertz CT molecular complexity index is 236. The summed E-state index contributed by atoms with van der Waals surface area (Å²) in [5, 5.41) is 5.67. The highest BCUT2D eigenvalue weighted by atomic mass is 32.2. The van der Waals surface area contributed by atoms with Crippen LogP contribution in [0.5, 0.6) is 0 Å². The molecule has 2 unspecified atom stereocenters. The standard InChI is InChI=1S/C10H18N2O2S/c1-7(6-15-2)12-10(14)8-3-4-9(13)11-5-8/h7-8H,3-6H2,1-2H3,(H,11,13)(H,12,14). The van der Waals surface area contributed by atoms with Crippen LogP contribution in [0.1, 0.15) is 19.8 Å². The highest BCUT2D eigenvalue weighted by Gasteiger charge is 2.24. The maximum atomic E-state index is 11.7. The Morgan fingerprint density at radius 3 is 3.00 bits per heavy atom. The van der Waals surface area contributed by atoms with Gasteiger partial charge in [-0.3, -0.25) is 9.59 Å². The molecule has 0 aromatic rings. The number of rotatable bonds is 4. The third kappa shape index (κ3) is 4.11. The van der Waals surface area contributed by atoms with Crippen LogP contribution in [0.25, 0.3) is 0 Å². The van der Waals surface area contributed by atoms with Gasteiger partial charge in [0.2, 0.25) is 11.8 Å². The highest BCUT2D eigenvalue weighted by Crippen LogP contribution is 2.11. The lowest BCUT2D eigenvalue weighted by atomic mass is 9.98. The van der Waals surface area contributed by atoms with Crippen molar-refractivity contribution < 1.29 is 9.59 Å². The van der Waals surface area contributed by atoms with Crippen LogP contribution >= 0.6 is 11.8 Å². The van der Waals surface area contributed by atoms with Gasteiger partial charge in [0.1, 0.15) is 0 Å². The molecule has 0 bridgehead atoms. The van der Waals surface area contributed by atoms with Crippen molar-refractivity contribution in [3.63, 3.8) is 0 Å². The van der Waals surface area contributed by atoms with Gasteiger partial charge in [-0.05, 0) is 19.6 Å². The fourth-order valence-corrected chi connectivity index (χ4v) is 2.19. The average Bonchev–Trinajstić information content (AvgIpc) is 2.18. The monoisotopic (exact) mass is 230 g/mol. The van der Waals surface area contributed by atoms with Crippen LogP contribution in [-0.2, 0) is 9.59 Å². The molecule has 1 saturated heterocycles. The molecule has 1 fully saturated rings. The Kier molecular flexibility index (Phi) is 4.94.